The first-order valence-corrected chi connectivity index (χ1v) is 6.75. The van der Waals surface area contributed by atoms with Gasteiger partial charge in [-0.05, 0) is 38.1 Å². The smallest absolute Gasteiger partial charge is 0.258 e. The number of rotatable bonds is 5. The van der Waals surface area contributed by atoms with E-state index in [1.807, 2.05) is 26.0 Å². The average Bonchev–Trinajstić information content (AvgIpc) is 2.84. The van der Waals surface area contributed by atoms with Gasteiger partial charge in [-0.25, -0.2) is 4.68 Å². The van der Waals surface area contributed by atoms with Crippen molar-refractivity contribution in [3.8, 4) is 0 Å². The number of allylic oxidation sites excluding steroid dienone is 5. The summed E-state index contributed by atoms with van der Waals surface area (Å²) in [6.07, 6.45) is 7.05. The molecular formula is C17H17N3O2. The highest BCUT2D eigenvalue weighted by Crippen LogP contribution is 2.27. The fourth-order valence-corrected chi connectivity index (χ4v) is 2.18. The van der Waals surface area contributed by atoms with Crippen LogP contribution in [-0.2, 0) is 0 Å². The molecule has 0 radical (unpaired) electrons. The Morgan fingerprint density at radius 2 is 2.09 bits per heavy atom. The van der Waals surface area contributed by atoms with Crippen molar-refractivity contribution in [2.24, 2.45) is 0 Å². The summed E-state index contributed by atoms with van der Waals surface area (Å²) in [5, 5.41) is 16.3. The largest absolute Gasteiger partial charge is 0.271 e. The van der Waals surface area contributed by atoms with Crippen LogP contribution < -0.4 is 0 Å². The van der Waals surface area contributed by atoms with Gasteiger partial charge in [-0.15, -0.1) is 0 Å². The molecular weight excluding hydrogens is 278 g/mol. The molecule has 0 aliphatic carbocycles. The van der Waals surface area contributed by atoms with E-state index in [0.717, 1.165) is 16.7 Å². The normalized spacial score (nSPS) is 11.3. The first-order valence-electron chi connectivity index (χ1n) is 6.75. The Balaban J connectivity index is 2.81. The first kappa shape index (κ1) is 15.4. The zero-order chi connectivity index (χ0) is 16.3. The molecule has 2 rings (SSSR count). The van der Waals surface area contributed by atoms with Crippen molar-refractivity contribution in [2.45, 2.75) is 13.8 Å². The minimum absolute atomic E-state index is 0.0272. The molecule has 112 valence electrons. The molecule has 0 fully saturated rings. The average molecular weight is 295 g/mol. The summed E-state index contributed by atoms with van der Waals surface area (Å²) < 4.78 is 1.67. The van der Waals surface area contributed by atoms with E-state index in [1.165, 1.54) is 12.1 Å². The Bertz CT molecular complexity index is 822. The van der Waals surface area contributed by atoms with Crippen molar-refractivity contribution < 1.29 is 4.92 Å². The predicted octanol–water partition coefficient (Wildman–Crippen LogP) is 4.58. The Kier molecular flexibility index (Phi) is 4.36. The van der Waals surface area contributed by atoms with Crippen molar-refractivity contribution >= 4 is 28.4 Å². The van der Waals surface area contributed by atoms with Crippen molar-refractivity contribution in [1.82, 2.24) is 9.78 Å². The molecule has 0 bridgehead atoms. The summed E-state index contributed by atoms with van der Waals surface area (Å²) in [5.74, 6) is 0. The molecule has 5 heteroatoms. The van der Waals surface area contributed by atoms with Crippen LogP contribution in [0.4, 0.5) is 5.69 Å². The van der Waals surface area contributed by atoms with Gasteiger partial charge in [0.2, 0.25) is 0 Å². The SMILES string of the molecule is C=C/C=C(\C=C(C)C)n1nc(C=C)c2ccc([N+](=O)[O-])cc21. The summed E-state index contributed by atoms with van der Waals surface area (Å²) in [6, 6.07) is 4.69. The van der Waals surface area contributed by atoms with Crippen molar-refractivity contribution in [3.05, 3.63) is 71.0 Å². The van der Waals surface area contributed by atoms with Gasteiger partial charge in [0, 0.05) is 17.5 Å². The highest BCUT2D eigenvalue weighted by Gasteiger charge is 2.14. The Morgan fingerprint density at radius 3 is 2.64 bits per heavy atom. The minimum Gasteiger partial charge on any atom is -0.258 e. The van der Waals surface area contributed by atoms with Crippen LogP contribution in [-0.4, -0.2) is 14.7 Å². The van der Waals surface area contributed by atoms with Gasteiger partial charge >= 0.3 is 0 Å². The van der Waals surface area contributed by atoms with E-state index < -0.39 is 4.92 Å². The number of aromatic nitrogens is 2. The topological polar surface area (TPSA) is 61.0 Å². The van der Waals surface area contributed by atoms with Gasteiger partial charge in [0.1, 0.15) is 0 Å². The molecule has 1 aromatic heterocycles. The van der Waals surface area contributed by atoms with Crippen LogP contribution in [0.2, 0.25) is 0 Å². The Hall–Kier alpha value is -2.95. The lowest BCUT2D eigenvalue weighted by Crippen LogP contribution is -1.98. The fourth-order valence-electron chi connectivity index (χ4n) is 2.18. The second-order valence-electron chi connectivity index (χ2n) is 5.01. The van der Waals surface area contributed by atoms with E-state index in [4.69, 9.17) is 0 Å². The molecule has 0 N–H and O–H groups in total. The molecule has 0 spiro atoms. The van der Waals surface area contributed by atoms with Gasteiger partial charge in [-0.2, -0.15) is 5.10 Å². The molecule has 0 amide bonds. The predicted molar refractivity (Wildman–Crippen MR) is 90.4 cm³/mol. The van der Waals surface area contributed by atoms with E-state index in [9.17, 15) is 10.1 Å². The summed E-state index contributed by atoms with van der Waals surface area (Å²) >= 11 is 0. The van der Waals surface area contributed by atoms with Crippen LogP contribution in [0.25, 0.3) is 22.7 Å². The van der Waals surface area contributed by atoms with Crippen molar-refractivity contribution in [1.29, 1.82) is 0 Å². The highest BCUT2D eigenvalue weighted by atomic mass is 16.6. The molecule has 1 heterocycles. The highest BCUT2D eigenvalue weighted by molar-refractivity contribution is 5.91. The van der Waals surface area contributed by atoms with E-state index in [2.05, 4.69) is 18.3 Å². The van der Waals surface area contributed by atoms with Crippen LogP contribution in [0.5, 0.6) is 0 Å². The van der Waals surface area contributed by atoms with Crippen molar-refractivity contribution in [3.63, 3.8) is 0 Å². The summed E-state index contributed by atoms with van der Waals surface area (Å²) in [7, 11) is 0. The molecule has 22 heavy (non-hydrogen) atoms. The molecule has 2 aromatic rings. The second-order valence-corrected chi connectivity index (χ2v) is 5.01. The Labute approximate surface area is 128 Å². The molecule has 5 nitrogen and oxygen atoms in total. The molecule has 0 saturated carbocycles. The first-order chi connectivity index (χ1) is 10.5. The summed E-state index contributed by atoms with van der Waals surface area (Å²) in [6.45, 7) is 11.4. The minimum atomic E-state index is -0.415. The second kappa shape index (κ2) is 6.22. The van der Waals surface area contributed by atoms with Gasteiger partial charge in [-0.3, -0.25) is 10.1 Å². The third-order valence-electron chi connectivity index (χ3n) is 3.07. The maximum Gasteiger partial charge on any atom is 0.271 e. The van der Waals surface area contributed by atoms with Crippen LogP contribution in [0.1, 0.15) is 19.5 Å². The lowest BCUT2D eigenvalue weighted by atomic mass is 10.2. The number of fused-ring (bicyclic) bond motifs is 1. The third-order valence-corrected chi connectivity index (χ3v) is 3.07. The van der Waals surface area contributed by atoms with Crippen LogP contribution in [0, 0.1) is 10.1 Å². The quantitative estimate of drug-likeness (QED) is 0.461. The fraction of sp³-hybridized carbons (Fsp3) is 0.118. The molecule has 0 unspecified atom stereocenters. The van der Waals surface area contributed by atoms with Gasteiger partial charge < -0.3 is 0 Å². The lowest BCUT2D eigenvalue weighted by Gasteiger charge is -2.05. The number of benzene rings is 1. The zero-order valence-electron chi connectivity index (χ0n) is 12.6. The monoisotopic (exact) mass is 295 g/mol. The summed E-state index contributed by atoms with van der Waals surface area (Å²) in [4.78, 5) is 10.6. The van der Waals surface area contributed by atoms with Crippen LogP contribution in [0.15, 0.2) is 55.2 Å². The zero-order valence-corrected chi connectivity index (χ0v) is 12.6. The maximum atomic E-state index is 11.0. The maximum absolute atomic E-state index is 11.0. The number of hydrogen-bond donors (Lipinski definition) is 0. The van der Waals surface area contributed by atoms with E-state index >= 15 is 0 Å². The van der Waals surface area contributed by atoms with E-state index in [0.29, 0.717) is 11.2 Å². The summed E-state index contributed by atoms with van der Waals surface area (Å²) in [5.41, 5.74) is 3.24. The van der Waals surface area contributed by atoms with E-state index in [-0.39, 0.29) is 5.69 Å². The standard InChI is InChI=1S/C17H17N3O2/c1-5-7-13(10-12(3)4)19-17-11-14(20(21)22)8-9-15(17)16(6-2)18-19/h5-11H,1-2H2,3-4H3/b13-7+. The number of nitro benzene ring substituents is 1. The van der Waals surface area contributed by atoms with Gasteiger partial charge in [0.05, 0.1) is 21.8 Å². The number of non-ortho nitro benzene ring substituents is 1. The molecule has 1 aromatic carbocycles. The van der Waals surface area contributed by atoms with Crippen molar-refractivity contribution in [2.75, 3.05) is 0 Å². The lowest BCUT2D eigenvalue weighted by molar-refractivity contribution is -0.384. The molecule has 0 atom stereocenters. The molecule has 0 aliphatic rings. The molecule has 0 saturated heterocycles. The van der Waals surface area contributed by atoms with Gasteiger partial charge in [0.15, 0.2) is 0 Å². The van der Waals surface area contributed by atoms with Crippen LogP contribution in [0.3, 0.4) is 0 Å². The number of hydrogen-bond acceptors (Lipinski definition) is 3. The Morgan fingerprint density at radius 1 is 1.36 bits per heavy atom. The van der Waals surface area contributed by atoms with Gasteiger partial charge in [0.25, 0.3) is 5.69 Å². The molecule has 0 aliphatic heterocycles. The van der Waals surface area contributed by atoms with Gasteiger partial charge in [-0.1, -0.05) is 24.8 Å². The van der Waals surface area contributed by atoms with E-state index in [1.54, 1.807) is 22.9 Å². The van der Waals surface area contributed by atoms with Crippen LogP contribution >= 0.6 is 0 Å². The number of nitrogens with zero attached hydrogens (tertiary/aromatic N) is 3. The third kappa shape index (κ3) is 2.88. The number of nitro groups is 1.